The van der Waals surface area contributed by atoms with Gasteiger partial charge < -0.3 is 9.84 Å². The third-order valence-electron chi connectivity index (χ3n) is 3.39. The van der Waals surface area contributed by atoms with Gasteiger partial charge in [-0.2, -0.15) is 5.10 Å². The summed E-state index contributed by atoms with van der Waals surface area (Å²) in [6.45, 7) is 0.656. The van der Waals surface area contributed by atoms with Gasteiger partial charge in [0.05, 0.1) is 24.9 Å². The highest BCUT2D eigenvalue weighted by Gasteiger charge is 2.32. The Morgan fingerprint density at radius 1 is 1.22 bits per heavy atom. The van der Waals surface area contributed by atoms with Gasteiger partial charge in [0.2, 0.25) is 5.88 Å². The zero-order valence-electron chi connectivity index (χ0n) is 10.1. The van der Waals surface area contributed by atoms with Crippen molar-refractivity contribution in [2.45, 2.75) is 31.6 Å². The molecule has 0 saturated heterocycles. The van der Waals surface area contributed by atoms with Gasteiger partial charge in [0, 0.05) is 6.07 Å². The first-order chi connectivity index (χ1) is 8.83. The first kappa shape index (κ1) is 11.3. The number of hydrogen-bond donors (Lipinski definition) is 1. The van der Waals surface area contributed by atoms with Crippen molar-refractivity contribution in [2.24, 2.45) is 0 Å². The second kappa shape index (κ2) is 4.82. The molecule has 1 aromatic heterocycles. The van der Waals surface area contributed by atoms with E-state index in [1.54, 1.807) is 16.9 Å². The summed E-state index contributed by atoms with van der Waals surface area (Å²) in [5.74, 6) is 0.238. The molecule has 1 saturated carbocycles. The molecule has 1 fully saturated rings. The van der Waals surface area contributed by atoms with Crippen LogP contribution in [0, 0.1) is 0 Å². The molecular weight excluding hydrogens is 228 g/mol. The molecule has 1 aliphatic carbocycles. The summed E-state index contributed by atoms with van der Waals surface area (Å²) in [7, 11) is 0. The topological polar surface area (TPSA) is 47.3 Å². The second-order valence-electron chi connectivity index (χ2n) is 4.68. The SMILES string of the molecule is Oc1ccnn1C1CC(OCc2ccccc2)C1. The van der Waals surface area contributed by atoms with Gasteiger partial charge in [-0.1, -0.05) is 30.3 Å². The van der Waals surface area contributed by atoms with Gasteiger partial charge in [0.1, 0.15) is 0 Å². The molecule has 0 radical (unpaired) electrons. The Morgan fingerprint density at radius 2 is 2.00 bits per heavy atom. The smallest absolute Gasteiger partial charge is 0.209 e. The molecule has 18 heavy (non-hydrogen) atoms. The van der Waals surface area contributed by atoms with E-state index in [4.69, 9.17) is 4.74 Å². The van der Waals surface area contributed by atoms with Crippen LogP contribution >= 0.6 is 0 Å². The standard InChI is InChI=1S/C14H16N2O2/c17-14-6-7-15-16(14)12-8-13(9-12)18-10-11-4-2-1-3-5-11/h1-7,12-13,17H,8-10H2. The van der Waals surface area contributed by atoms with Gasteiger partial charge in [0.25, 0.3) is 0 Å². The maximum absolute atomic E-state index is 9.54. The maximum Gasteiger partial charge on any atom is 0.209 e. The van der Waals surface area contributed by atoms with Gasteiger partial charge >= 0.3 is 0 Å². The fourth-order valence-electron chi connectivity index (χ4n) is 2.25. The number of rotatable bonds is 4. The van der Waals surface area contributed by atoms with Crippen molar-refractivity contribution in [3.8, 4) is 5.88 Å². The fourth-order valence-corrected chi connectivity index (χ4v) is 2.25. The van der Waals surface area contributed by atoms with Crippen molar-refractivity contribution >= 4 is 0 Å². The Balaban J connectivity index is 1.47. The predicted molar refractivity (Wildman–Crippen MR) is 67.2 cm³/mol. The van der Waals surface area contributed by atoms with Crippen LogP contribution in [0.15, 0.2) is 42.6 Å². The summed E-state index contributed by atoms with van der Waals surface area (Å²) in [4.78, 5) is 0. The third-order valence-corrected chi connectivity index (χ3v) is 3.39. The summed E-state index contributed by atoms with van der Waals surface area (Å²) in [5.41, 5.74) is 1.20. The summed E-state index contributed by atoms with van der Waals surface area (Å²) in [5, 5.41) is 13.6. The first-order valence-electron chi connectivity index (χ1n) is 6.21. The van der Waals surface area contributed by atoms with Crippen molar-refractivity contribution < 1.29 is 9.84 Å². The molecule has 4 nitrogen and oxygen atoms in total. The van der Waals surface area contributed by atoms with E-state index in [-0.39, 0.29) is 18.0 Å². The highest BCUT2D eigenvalue weighted by atomic mass is 16.5. The predicted octanol–water partition coefficient (Wildman–Crippen LogP) is 2.51. The molecule has 94 valence electrons. The van der Waals surface area contributed by atoms with Crippen LogP contribution in [0.1, 0.15) is 24.4 Å². The summed E-state index contributed by atoms with van der Waals surface area (Å²) < 4.78 is 7.48. The molecule has 0 unspecified atom stereocenters. The first-order valence-corrected chi connectivity index (χ1v) is 6.21. The van der Waals surface area contributed by atoms with Crippen LogP contribution in [-0.2, 0) is 11.3 Å². The summed E-state index contributed by atoms with van der Waals surface area (Å²) >= 11 is 0. The van der Waals surface area contributed by atoms with Crippen LogP contribution in [0.5, 0.6) is 5.88 Å². The lowest BCUT2D eigenvalue weighted by atomic mass is 9.89. The van der Waals surface area contributed by atoms with Gasteiger partial charge in [-0.25, -0.2) is 4.68 Å². The van der Waals surface area contributed by atoms with E-state index in [0.29, 0.717) is 6.61 Å². The zero-order chi connectivity index (χ0) is 12.4. The van der Waals surface area contributed by atoms with E-state index >= 15 is 0 Å². The number of hydrogen-bond acceptors (Lipinski definition) is 3. The quantitative estimate of drug-likeness (QED) is 0.899. The molecule has 0 bridgehead atoms. The third kappa shape index (κ3) is 2.24. The second-order valence-corrected chi connectivity index (χ2v) is 4.68. The largest absolute Gasteiger partial charge is 0.493 e. The summed E-state index contributed by atoms with van der Waals surface area (Å²) in [6.07, 6.45) is 3.73. The molecule has 2 aromatic rings. The number of nitrogens with zero attached hydrogens (tertiary/aromatic N) is 2. The molecule has 0 atom stereocenters. The lowest BCUT2D eigenvalue weighted by molar-refractivity contribution is -0.0397. The van der Waals surface area contributed by atoms with Crippen LogP contribution in [-0.4, -0.2) is 21.0 Å². The van der Waals surface area contributed by atoms with Crippen molar-refractivity contribution in [3.05, 3.63) is 48.2 Å². The number of aromatic nitrogens is 2. The Bertz CT molecular complexity index is 504. The molecule has 1 aliphatic rings. The minimum absolute atomic E-state index is 0.238. The average Bonchev–Trinajstić information content (AvgIpc) is 2.75. The highest BCUT2D eigenvalue weighted by molar-refractivity contribution is 5.13. The van der Waals surface area contributed by atoms with E-state index in [2.05, 4.69) is 17.2 Å². The molecular formula is C14H16N2O2. The van der Waals surface area contributed by atoms with Crippen molar-refractivity contribution in [2.75, 3.05) is 0 Å². The van der Waals surface area contributed by atoms with Crippen LogP contribution in [0.2, 0.25) is 0 Å². The van der Waals surface area contributed by atoms with Crippen LogP contribution in [0.4, 0.5) is 0 Å². The molecule has 1 aromatic carbocycles. The Morgan fingerprint density at radius 3 is 2.67 bits per heavy atom. The van der Waals surface area contributed by atoms with Gasteiger partial charge in [0.15, 0.2) is 0 Å². The highest BCUT2D eigenvalue weighted by Crippen LogP contribution is 2.36. The molecule has 4 heteroatoms. The normalized spacial score (nSPS) is 22.7. The number of aromatic hydroxyl groups is 1. The molecule has 0 spiro atoms. The van der Waals surface area contributed by atoms with E-state index in [1.165, 1.54) is 5.56 Å². The van der Waals surface area contributed by atoms with E-state index in [9.17, 15) is 5.11 Å². The van der Waals surface area contributed by atoms with E-state index in [0.717, 1.165) is 12.8 Å². The van der Waals surface area contributed by atoms with E-state index < -0.39 is 0 Å². The summed E-state index contributed by atoms with van der Waals surface area (Å²) in [6, 6.07) is 12.1. The number of benzene rings is 1. The Labute approximate surface area is 106 Å². The van der Waals surface area contributed by atoms with Gasteiger partial charge in [-0.15, -0.1) is 0 Å². The van der Waals surface area contributed by atoms with Crippen molar-refractivity contribution in [1.29, 1.82) is 0 Å². The van der Waals surface area contributed by atoms with Gasteiger partial charge in [-0.05, 0) is 18.4 Å². The van der Waals surface area contributed by atoms with Gasteiger partial charge in [-0.3, -0.25) is 0 Å². The average molecular weight is 244 g/mol. The molecule has 0 amide bonds. The molecule has 0 aliphatic heterocycles. The number of ether oxygens (including phenoxy) is 1. The van der Waals surface area contributed by atoms with Crippen LogP contribution in [0.3, 0.4) is 0 Å². The van der Waals surface area contributed by atoms with Crippen LogP contribution in [0.25, 0.3) is 0 Å². The van der Waals surface area contributed by atoms with Crippen molar-refractivity contribution in [1.82, 2.24) is 9.78 Å². The Kier molecular flexibility index (Phi) is 3.02. The monoisotopic (exact) mass is 244 g/mol. The minimum Gasteiger partial charge on any atom is -0.493 e. The lowest BCUT2D eigenvalue weighted by Crippen LogP contribution is -2.33. The maximum atomic E-state index is 9.54. The Hall–Kier alpha value is -1.81. The molecule has 1 N–H and O–H groups in total. The fraction of sp³-hybridized carbons (Fsp3) is 0.357. The molecule has 3 rings (SSSR count). The molecule has 1 heterocycles. The zero-order valence-corrected chi connectivity index (χ0v) is 10.1. The van der Waals surface area contributed by atoms with Crippen molar-refractivity contribution in [3.63, 3.8) is 0 Å². The minimum atomic E-state index is 0.238. The lowest BCUT2D eigenvalue weighted by Gasteiger charge is -2.35. The van der Waals surface area contributed by atoms with Crippen LogP contribution < -0.4 is 0 Å². The van der Waals surface area contributed by atoms with E-state index in [1.807, 2.05) is 18.2 Å².